The van der Waals surface area contributed by atoms with Gasteiger partial charge in [-0.3, -0.25) is 4.79 Å². The average Bonchev–Trinajstić information content (AvgIpc) is 2.63. The zero-order chi connectivity index (χ0) is 18.8. The van der Waals surface area contributed by atoms with E-state index in [1.807, 2.05) is 0 Å². The van der Waals surface area contributed by atoms with Crippen LogP contribution in [0.5, 0.6) is 11.5 Å². The Bertz CT molecular complexity index is 834. The van der Waals surface area contributed by atoms with Crippen molar-refractivity contribution < 1.29 is 22.7 Å². The maximum atomic E-state index is 15.1. The van der Waals surface area contributed by atoms with Gasteiger partial charge in [0.1, 0.15) is 5.75 Å². The van der Waals surface area contributed by atoms with Crippen LogP contribution in [0.4, 0.5) is 18.9 Å². The molecule has 0 bridgehead atoms. The summed E-state index contributed by atoms with van der Waals surface area (Å²) >= 11 is 3.25. The van der Waals surface area contributed by atoms with Crippen molar-refractivity contribution in [3.63, 3.8) is 0 Å². The summed E-state index contributed by atoms with van der Waals surface area (Å²) in [6.07, 6.45) is 2.55. The second-order valence-electron chi connectivity index (χ2n) is 6.15. The SMILES string of the molecule is CC(=O)c1c(F)c(F)c(Oc2ccc(Br)cc2)c(F)c1N1CCCCC1. The fourth-order valence-corrected chi connectivity index (χ4v) is 3.34. The lowest BCUT2D eigenvalue weighted by Gasteiger charge is -2.31. The molecule has 1 aliphatic heterocycles. The van der Waals surface area contributed by atoms with Crippen molar-refractivity contribution in [2.45, 2.75) is 26.2 Å². The van der Waals surface area contributed by atoms with Gasteiger partial charge in [-0.15, -0.1) is 0 Å². The van der Waals surface area contributed by atoms with Crippen LogP contribution in [-0.2, 0) is 0 Å². The molecule has 0 aliphatic carbocycles. The summed E-state index contributed by atoms with van der Waals surface area (Å²) in [4.78, 5) is 13.5. The molecule has 1 fully saturated rings. The van der Waals surface area contributed by atoms with Crippen molar-refractivity contribution in [2.75, 3.05) is 18.0 Å². The quantitative estimate of drug-likeness (QED) is 0.452. The number of nitrogens with zero attached hydrogens (tertiary/aromatic N) is 1. The van der Waals surface area contributed by atoms with Gasteiger partial charge in [-0.25, -0.2) is 8.78 Å². The Balaban J connectivity index is 2.13. The molecule has 26 heavy (non-hydrogen) atoms. The fraction of sp³-hybridized carbons (Fsp3) is 0.316. The fourth-order valence-electron chi connectivity index (χ4n) is 3.07. The van der Waals surface area contributed by atoms with E-state index in [4.69, 9.17) is 4.74 Å². The molecule has 0 aromatic heterocycles. The smallest absolute Gasteiger partial charge is 0.205 e. The minimum Gasteiger partial charge on any atom is -0.451 e. The monoisotopic (exact) mass is 427 g/mol. The Morgan fingerprint density at radius 3 is 2.19 bits per heavy atom. The minimum atomic E-state index is -1.50. The maximum Gasteiger partial charge on any atom is 0.205 e. The van der Waals surface area contributed by atoms with Crippen molar-refractivity contribution in [2.24, 2.45) is 0 Å². The van der Waals surface area contributed by atoms with Gasteiger partial charge >= 0.3 is 0 Å². The van der Waals surface area contributed by atoms with Gasteiger partial charge in [-0.2, -0.15) is 4.39 Å². The predicted octanol–water partition coefficient (Wildman–Crippen LogP) is 5.85. The molecule has 0 radical (unpaired) electrons. The van der Waals surface area contributed by atoms with E-state index < -0.39 is 34.5 Å². The molecule has 1 saturated heterocycles. The van der Waals surface area contributed by atoms with Gasteiger partial charge in [0.15, 0.2) is 17.4 Å². The van der Waals surface area contributed by atoms with E-state index in [1.165, 1.54) is 12.1 Å². The van der Waals surface area contributed by atoms with Crippen molar-refractivity contribution >= 4 is 27.4 Å². The van der Waals surface area contributed by atoms with Crippen LogP contribution in [0.2, 0.25) is 0 Å². The summed E-state index contributed by atoms with van der Waals surface area (Å²) in [6, 6.07) is 6.27. The number of halogens is 4. The van der Waals surface area contributed by atoms with E-state index in [9.17, 15) is 13.6 Å². The molecule has 0 saturated carbocycles. The van der Waals surface area contributed by atoms with Crippen LogP contribution in [0.1, 0.15) is 36.5 Å². The molecular formula is C19H17BrF3NO2. The molecular weight excluding hydrogens is 411 g/mol. The topological polar surface area (TPSA) is 29.5 Å². The average molecular weight is 428 g/mol. The zero-order valence-corrected chi connectivity index (χ0v) is 15.7. The summed E-state index contributed by atoms with van der Waals surface area (Å²) in [5.74, 6) is -5.35. The first-order valence-corrected chi connectivity index (χ1v) is 9.09. The van der Waals surface area contributed by atoms with Gasteiger partial charge in [-0.05, 0) is 50.5 Å². The van der Waals surface area contributed by atoms with Crippen LogP contribution < -0.4 is 9.64 Å². The number of anilines is 1. The third-order valence-electron chi connectivity index (χ3n) is 4.31. The highest BCUT2D eigenvalue weighted by molar-refractivity contribution is 9.10. The van der Waals surface area contributed by atoms with Gasteiger partial charge in [0, 0.05) is 17.6 Å². The highest BCUT2D eigenvalue weighted by Crippen LogP contribution is 2.40. The molecule has 2 aromatic rings. The summed E-state index contributed by atoms with van der Waals surface area (Å²) in [5.41, 5.74) is -0.784. The standard InChI is InChI=1S/C19H17BrF3NO2/c1-11(25)14-15(21)16(22)19(26-13-7-5-12(20)6-8-13)17(23)18(14)24-9-3-2-4-10-24/h5-8H,2-4,9-10H2,1H3. The molecule has 1 aliphatic rings. The first kappa shape index (κ1) is 18.8. The lowest BCUT2D eigenvalue weighted by atomic mass is 10.0. The largest absolute Gasteiger partial charge is 0.451 e. The third-order valence-corrected chi connectivity index (χ3v) is 4.84. The number of hydrogen-bond donors (Lipinski definition) is 0. The summed E-state index contributed by atoms with van der Waals surface area (Å²) in [6.45, 7) is 2.04. The van der Waals surface area contributed by atoms with Crippen molar-refractivity contribution in [1.82, 2.24) is 0 Å². The number of piperidine rings is 1. The normalized spacial score (nSPS) is 14.4. The van der Waals surface area contributed by atoms with Gasteiger partial charge in [-0.1, -0.05) is 15.9 Å². The van der Waals surface area contributed by atoms with Crippen LogP contribution in [0.15, 0.2) is 28.7 Å². The first-order valence-electron chi connectivity index (χ1n) is 8.30. The predicted molar refractivity (Wildman–Crippen MR) is 96.6 cm³/mol. The first-order chi connectivity index (χ1) is 12.4. The van der Waals surface area contributed by atoms with Crippen LogP contribution in [-0.4, -0.2) is 18.9 Å². The Morgan fingerprint density at radius 1 is 1.00 bits per heavy atom. The van der Waals surface area contributed by atoms with Gasteiger partial charge < -0.3 is 9.64 Å². The summed E-state index contributed by atoms with van der Waals surface area (Å²) < 4.78 is 50.3. The van der Waals surface area contributed by atoms with E-state index in [2.05, 4.69) is 15.9 Å². The van der Waals surface area contributed by atoms with E-state index in [-0.39, 0.29) is 11.4 Å². The number of hydrogen-bond acceptors (Lipinski definition) is 3. The van der Waals surface area contributed by atoms with Crippen LogP contribution in [0.25, 0.3) is 0 Å². The third kappa shape index (κ3) is 3.58. The molecule has 3 nitrogen and oxygen atoms in total. The molecule has 0 N–H and O–H groups in total. The molecule has 7 heteroatoms. The second kappa shape index (κ2) is 7.70. The minimum absolute atomic E-state index is 0.158. The molecule has 0 atom stereocenters. The molecule has 0 amide bonds. The molecule has 3 rings (SSSR count). The zero-order valence-electron chi connectivity index (χ0n) is 14.1. The summed E-state index contributed by atoms with van der Waals surface area (Å²) in [5, 5.41) is 0. The molecule has 138 valence electrons. The number of benzene rings is 2. The lowest BCUT2D eigenvalue weighted by molar-refractivity contribution is 0.101. The Hall–Kier alpha value is -2.02. The number of ketones is 1. The highest BCUT2D eigenvalue weighted by atomic mass is 79.9. The van der Waals surface area contributed by atoms with E-state index in [0.717, 1.165) is 30.7 Å². The van der Waals surface area contributed by atoms with E-state index >= 15 is 4.39 Å². The van der Waals surface area contributed by atoms with E-state index in [1.54, 1.807) is 17.0 Å². The van der Waals surface area contributed by atoms with Crippen LogP contribution >= 0.6 is 15.9 Å². The van der Waals surface area contributed by atoms with Crippen LogP contribution in [0, 0.1) is 17.5 Å². The Morgan fingerprint density at radius 2 is 1.62 bits per heavy atom. The van der Waals surface area contributed by atoms with Crippen molar-refractivity contribution in [3.05, 3.63) is 51.8 Å². The van der Waals surface area contributed by atoms with Gasteiger partial charge in [0.2, 0.25) is 11.6 Å². The number of Topliss-reactive ketones (excluding diaryl/α,β-unsaturated/α-hetero) is 1. The second-order valence-corrected chi connectivity index (χ2v) is 7.07. The van der Waals surface area contributed by atoms with Gasteiger partial charge in [0.25, 0.3) is 0 Å². The number of rotatable bonds is 4. The molecule has 0 spiro atoms. The van der Waals surface area contributed by atoms with Gasteiger partial charge in [0.05, 0.1) is 11.3 Å². The molecule has 2 aromatic carbocycles. The van der Waals surface area contributed by atoms with E-state index in [0.29, 0.717) is 13.1 Å². The Labute approximate surface area is 157 Å². The van der Waals surface area contributed by atoms with Crippen molar-refractivity contribution in [3.8, 4) is 11.5 Å². The van der Waals surface area contributed by atoms with Crippen LogP contribution in [0.3, 0.4) is 0 Å². The number of carbonyl (C=O) groups is 1. The summed E-state index contributed by atoms with van der Waals surface area (Å²) in [7, 11) is 0. The number of ether oxygens (including phenoxy) is 1. The lowest BCUT2D eigenvalue weighted by Crippen LogP contribution is -2.32. The Kier molecular flexibility index (Phi) is 5.55. The van der Waals surface area contributed by atoms with Crippen molar-refractivity contribution in [1.29, 1.82) is 0 Å². The molecule has 0 unspecified atom stereocenters. The highest BCUT2D eigenvalue weighted by Gasteiger charge is 2.32. The molecule has 1 heterocycles. The number of carbonyl (C=O) groups excluding carboxylic acids is 1. The maximum absolute atomic E-state index is 15.1.